The number of fused-ring (bicyclic) bond motifs is 1. The van der Waals surface area contributed by atoms with Crippen LogP contribution < -0.4 is 5.32 Å². The Labute approximate surface area is 144 Å². The Morgan fingerprint density at radius 1 is 1.35 bits per heavy atom. The van der Waals surface area contributed by atoms with Crippen molar-refractivity contribution in [3.63, 3.8) is 0 Å². The van der Waals surface area contributed by atoms with E-state index in [0.29, 0.717) is 5.52 Å². The third-order valence-electron chi connectivity index (χ3n) is 3.35. The predicted octanol–water partition coefficient (Wildman–Crippen LogP) is 2.42. The second-order valence-electron chi connectivity index (χ2n) is 5.06. The smallest absolute Gasteiger partial charge is 0.287 e. The summed E-state index contributed by atoms with van der Waals surface area (Å²) in [6, 6.07) is 6.81. The molecule has 3 rings (SSSR count). The first-order valence-corrected chi connectivity index (χ1v) is 7.21. The van der Waals surface area contributed by atoms with Gasteiger partial charge >= 0.3 is 0 Å². The second kappa shape index (κ2) is 6.84. The summed E-state index contributed by atoms with van der Waals surface area (Å²) in [6.07, 6.45) is 1.31. The molecule has 1 aromatic carbocycles. The van der Waals surface area contributed by atoms with Crippen LogP contribution in [-0.2, 0) is 4.79 Å². The van der Waals surface area contributed by atoms with Crippen molar-refractivity contribution in [2.24, 2.45) is 10.2 Å². The largest absolute Gasteiger partial charge is 0.493 e. The molecule has 0 spiro atoms. The van der Waals surface area contributed by atoms with E-state index in [1.165, 1.54) is 36.6 Å². The van der Waals surface area contributed by atoms with Crippen molar-refractivity contribution in [2.45, 2.75) is 0 Å². The number of azo groups is 1. The van der Waals surface area contributed by atoms with Crippen LogP contribution in [0.2, 0.25) is 0 Å². The molecule has 0 aliphatic heterocycles. The summed E-state index contributed by atoms with van der Waals surface area (Å²) in [7, 11) is 0. The molecule has 0 fully saturated rings. The molecule has 0 saturated carbocycles. The minimum Gasteiger partial charge on any atom is -0.493 e. The Hall–Kier alpha value is -4.02. The Bertz CT molecular complexity index is 1020. The molecule has 0 unspecified atom stereocenters. The van der Waals surface area contributed by atoms with Crippen molar-refractivity contribution in [2.75, 3.05) is 6.54 Å². The van der Waals surface area contributed by atoms with Gasteiger partial charge in [0.1, 0.15) is 6.54 Å². The van der Waals surface area contributed by atoms with Gasteiger partial charge in [-0.3, -0.25) is 19.7 Å². The SMILES string of the molecule is O=C(CNC(=O)c1ccco1)N=Nc1c(O)[nH]c2ccc([N+](=O)[O-])cc12. The molecule has 0 saturated heterocycles. The molecule has 11 nitrogen and oxygen atoms in total. The van der Waals surface area contributed by atoms with E-state index in [9.17, 15) is 24.8 Å². The van der Waals surface area contributed by atoms with Gasteiger partial charge in [0.2, 0.25) is 5.88 Å². The van der Waals surface area contributed by atoms with E-state index in [0.717, 1.165) is 0 Å². The summed E-state index contributed by atoms with van der Waals surface area (Å²) < 4.78 is 4.87. The van der Waals surface area contributed by atoms with Crippen LogP contribution in [0.25, 0.3) is 10.9 Å². The fourth-order valence-corrected chi connectivity index (χ4v) is 2.16. The number of carbonyl (C=O) groups excluding carboxylic acids is 2. The number of benzene rings is 1. The van der Waals surface area contributed by atoms with Crippen LogP contribution in [0.3, 0.4) is 0 Å². The standard InChI is InChI=1S/C15H11N5O6/c21-12(7-16-14(22)11-2-1-5-26-11)18-19-13-9-6-8(20(24)25)3-4-10(9)17-15(13)23/h1-6,17,23H,7H2,(H,16,22). The Morgan fingerprint density at radius 2 is 2.15 bits per heavy atom. The first-order valence-electron chi connectivity index (χ1n) is 7.21. The number of aromatic nitrogens is 1. The maximum Gasteiger partial charge on any atom is 0.287 e. The van der Waals surface area contributed by atoms with E-state index in [1.807, 2.05) is 0 Å². The van der Waals surface area contributed by atoms with E-state index in [2.05, 4.69) is 20.5 Å². The number of nitrogens with zero attached hydrogens (tertiary/aromatic N) is 3. The third-order valence-corrected chi connectivity index (χ3v) is 3.35. The maximum absolute atomic E-state index is 11.7. The van der Waals surface area contributed by atoms with Gasteiger partial charge in [-0.2, -0.15) is 0 Å². The van der Waals surface area contributed by atoms with E-state index in [1.54, 1.807) is 0 Å². The van der Waals surface area contributed by atoms with Crippen molar-refractivity contribution >= 4 is 34.1 Å². The number of amides is 2. The summed E-state index contributed by atoms with van der Waals surface area (Å²) in [5.74, 6) is -1.74. The quantitative estimate of drug-likeness (QED) is 0.360. The Balaban J connectivity index is 1.74. The van der Waals surface area contributed by atoms with Gasteiger partial charge in [-0.25, -0.2) is 0 Å². The molecule has 3 aromatic rings. The van der Waals surface area contributed by atoms with Gasteiger partial charge in [-0.15, -0.1) is 10.2 Å². The highest BCUT2D eigenvalue weighted by Crippen LogP contribution is 2.37. The van der Waals surface area contributed by atoms with Crippen molar-refractivity contribution in [1.82, 2.24) is 10.3 Å². The first-order chi connectivity index (χ1) is 12.5. The van der Waals surface area contributed by atoms with Crippen LogP contribution >= 0.6 is 0 Å². The van der Waals surface area contributed by atoms with Gasteiger partial charge in [0.05, 0.1) is 16.7 Å². The van der Waals surface area contributed by atoms with E-state index >= 15 is 0 Å². The highest BCUT2D eigenvalue weighted by atomic mass is 16.6. The number of rotatable bonds is 5. The molecule has 132 valence electrons. The molecule has 0 aliphatic carbocycles. The first kappa shape index (κ1) is 16.8. The minimum absolute atomic E-state index is 0.0383. The zero-order valence-electron chi connectivity index (χ0n) is 13.0. The molecule has 0 atom stereocenters. The van der Waals surface area contributed by atoms with Crippen LogP contribution in [0, 0.1) is 10.1 Å². The Morgan fingerprint density at radius 3 is 2.85 bits per heavy atom. The molecular formula is C15H11N5O6. The van der Waals surface area contributed by atoms with Crippen molar-refractivity contribution < 1.29 is 24.0 Å². The molecule has 2 amide bonds. The van der Waals surface area contributed by atoms with Crippen LogP contribution in [0.5, 0.6) is 5.88 Å². The zero-order chi connectivity index (χ0) is 18.7. The monoisotopic (exact) mass is 357 g/mol. The van der Waals surface area contributed by atoms with Crippen LogP contribution in [0.4, 0.5) is 11.4 Å². The van der Waals surface area contributed by atoms with Crippen molar-refractivity contribution in [1.29, 1.82) is 0 Å². The summed E-state index contributed by atoms with van der Waals surface area (Å²) in [4.78, 5) is 36.2. The Kier molecular flexibility index (Phi) is 4.43. The van der Waals surface area contributed by atoms with Crippen LogP contribution in [0.1, 0.15) is 10.6 Å². The zero-order valence-corrected chi connectivity index (χ0v) is 13.0. The average molecular weight is 357 g/mol. The number of non-ortho nitro benzene ring substituents is 1. The second-order valence-corrected chi connectivity index (χ2v) is 5.06. The lowest BCUT2D eigenvalue weighted by Crippen LogP contribution is -2.28. The van der Waals surface area contributed by atoms with Gasteiger partial charge in [-0.05, 0) is 18.2 Å². The average Bonchev–Trinajstić information content (AvgIpc) is 3.24. The van der Waals surface area contributed by atoms with Gasteiger partial charge in [0, 0.05) is 17.5 Å². The van der Waals surface area contributed by atoms with E-state index in [4.69, 9.17) is 4.42 Å². The van der Waals surface area contributed by atoms with Gasteiger partial charge < -0.3 is 19.8 Å². The lowest BCUT2D eigenvalue weighted by atomic mass is 10.2. The summed E-state index contributed by atoms with van der Waals surface area (Å²) in [6.45, 7) is -0.438. The maximum atomic E-state index is 11.7. The minimum atomic E-state index is -0.788. The number of carbonyl (C=O) groups is 2. The summed E-state index contributed by atoms with van der Waals surface area (Å²) in [5.41, 5.74) is 0.0695. The molecule has 2 heterocycles. The van der Waals surface area contributed by atoms with Gasteiger partial charge in [0.15, 0.2) is 11.4 Å². The lowest BCUT2D eigenvalue weighted by Gasteiger charge is -1.98. The van der Waals surface area contributed by atoms with Crippen LogP contribution in [0.15, 0.2) is 51.2 Å². The van der Waals surface area contributed by atoms with Crippen molar-refractivity contribution in [3.8, 4) is 5.88 Å². The number of furan rings is 1. The molecule has 0 radical (unpaired) electrons. The van der Waals surface area contributed by atoms with E-state index in [-0.39, 0.29) is 22.5 Å². The third kappa shape index (κ3) is 3.40. The fraction of sp³-hybridized carbons (Fsp3) is 0.0667. The molecular weight excluding hydrogens is 346 g/mol. The topological polar surface area (TPSA) is 163 Å². The lowest BCUT2D eigenvalue weighted by molar-refractivity contribution is -0.384. The fourth-order valence-electron chi connectivity index (χ4n) is 2.16. The van der Waals surface area contributed by atoms with Crippen molar-refractivity contribution in [3.05, 3.63) is 52.5 Å². The summed E-state index contributed by atoms with van der Waals surface area (Å²) >= 11 is 0. The normalized spacial score (nSPS) is 11.1. The molecule has 0 aliphatic rings. The van der Waals surface area contributed by atoms with Gasteiger partial charge in [-0.1, -0.05) is 0 Å². The number of aromatic hydroxyl groups is 1. The van der Waals surface area contributed by atoms with E-state index < -0.39 is 29.2 Å². The number of nitro groups is 1. The predicted molar refractivity (Wildman–Crippen MR) is 87.2 cm³/mol. The molecule has 0 bridgehead atoms. The van der Waals surface area contributed by atoms with Gasteiger partial charge in [0.25, 0.3) is 17.5 Å². The number of hydrogen-bond acceptors (Lipinski definition) is 7. The number of H-pyrrole nitrogens is 1. The number of nitro benzene ring substituents is 1. The highest BCUT2D eigenvalue weighted by molar-refractivity contribution is 5.96. The molecule has 26 heavy (non-hydrogen) atoms. The summed E-state index contributed by atoms with van der Waals surface area (Å²) in [5, 5.41) is 30.3. The number of aromatic amines is 1. The molecule has 2 aromatic heterocycles. The number of nitrogens with one attached hydrogen (secondary N) is 2. The molecule has 3 N–H and O–H groups in total. The highest BCUT2D eigenvalue weighted by Gasteiger charge is 2.15. The van der Waals surface area contributed by atoms with Crippen LogP contribution in [-0.4, -0.2) is 33.4 Å². The number of hydrogen-bond donors (Lipinski definition) is 3. The molecule has 11 heteroatoms.